The van der Waals surface area contributed by atoms with Crippen LogP contribution >= 0.6 is 0 Å². The Labute approximate surface area is 97.1 Å². The predicted octanol–water partition coefficient (Wildman–Crippen LogP) is 1.01. The molecule has 16 heavy (non-hydrogen) atoms. The van der Waals surface area contributed by atoms with Gasteiger partial charge in [-0.25, -0.2) is 0 Å². The highest BCUT2D eigenvalue weighted by Crippen LogP contribution is 2.17. The second-order valence-electron chi connectivity index (χ2n) is 4.27. The number of nitriles is 1. The van der Waals surface area contributed by atoms with Gasteiger partial charge in [0.05, 0.1) is 0 Å². The van der Waals surface area contributed by atoms with E-state index in [0.717, 1.165) is 6.54 Å². The summed E-state index contributed by atoms with van der Waals surface area (Å²) in [7, 11) is 2.06. The van der Waals surface area contributed by atoms with Crippen molar-refractivity contribution in [1.29, 1.82) is 5.26 Å². The summed E-state index contributed by atoms with van der Waals surface area (Å²) >= 11 is 0. The van der Waals surface area contributed by atoms with Crippen LogP contribution in [0.4, 0.5) is 0 Å². The second kappa shape index (κ2) is 5.13. The Morgan fingerprint density at radius 2 is 2.00 bits per heavy atom. The normalized spacial score (nSPS) is 27.7. The van der Waals surface area contributed by atoms with Gasteiger partial charge in [-0.1, -0.05) is 6.08 Å². The highest BCUT2D eigenvalue weighted by molar-refractivity contribution is 5.97. The minimum Gasteiger partial charge on any atom is -0.332 e. The zero-order valence-corrected chi connectivity index (χ0v) is 10.4. The summed E-state index contributed by atoms with van der Waals surface area (Å²) in [5.74, 6) is -0.141. The highest BCUT2D eigenvalue weighted by atomic mass is 16.2. The number of rotatable bonds is 1. The summed E-state index contributed by atoms with van der Waals surface area (Å²) in [5, 5.41) is 8.86. The van der Waals surface area contributed by atoms with Crippen LogP contribution in [-0.2, 0) is 4.79 Å². The molecule has 1 rings (SSSR count). The fourth-order valence-electron chi connectivity index (χ4n) is 1.98. The summed E-state index contributed by atoms with van der Waals surface area (Å²) in [6.45, 7) is 7.41. The van der Waals surface area contributed by atoms with Crippen molar-refractivity contribution in [3.05, 3.63) is 11.6 Å². The van der Waals surface area contributed by atoms with Gasteiger partial charge < -0.3 is 4.90 Å². The molecular weight excluding hydrogens is 202 g/mol. The molecule has 0 aromatic heterocycles. The topological polar surface area (TPSA) is 47.3 Å². The van der Waals surface area contributed by atoms with Crippen molar-refractivity contribution in [2.45, 2.75) is 32.9 Å². The van der Waals surface area contributed by atoms with Gasteiger partial charge in [-0.05, 0) is 27.8 Å². The third-order valence-corrected chi connectivity index (χ3v) is 3.48. The van der Waals surface area contributed by atoms with Gasteiger partial charge in [-0.2, -0.15) is 5.26 Å². The third-order valence-electron chi connectivity index (χ3n) is 3.48. The molecule has 1 aliphatic rings. The van der Waals surface area contributed by atoms with Gasteiger partial charge >= 0.3 is 0 Å². The van der Waals surface area contributed by atoms with Crippen LogP contribution in [0.2, 0.25) is 0 Å². The predicted molar refractivity (Wildman–Crippen MR) is 62.6 cm³/mol. The summed E-state index contributed by atoms with van der Waals surface area (Å²) in [6.07, 6.45) is 1.58. The van der Waals surface area contributed by atoms with E-state index in [1.165, 1.54) is 0 Å². The van der Waals surface area contributed by atoms with Crippen LogP contribution in [0.25, 0.3) is 0 Å². The fourth-order valence-corrected chi connectivity index (χ4v) is 1.98. The van der Waals surface area contributed by atoms with Gasteiger partial charge in [0.2, 0.25) is 0 Å². The standard InChI is InChI=1S/C12H19N3O/c1-5-11(8-13)12(16)15-7-6-14(4)9(2)10(15)3/h5,9-10H,6-7H2,1-4H3/b11-5+. The van der Waals surface area contributed by atoms with Crippen molar-refractivity contribution in [2.75, 3.05) is 20.1 Å². The van der Waals surface area contributed by atoms with Crippen molar-refractivity contribution >= 4 is 5.91 Å². The van der Waals surface area contributed by atoms with Crippen LogP contribution in [0.1, 0.15) is 20.8 Å². The zero-order chi connectivity index (χ0) is 12.3. The average Bonchev–Trinajstić information content (AvgIpc) is 2.27. The molecule has 1 aliphatic heterocycles. The van der Waals surface area contributed by atoms with E-state index in [2.05, 4.69) is 18.9 Å². The van der Waals surface area contributed by atoms with Crippen molar-refractivity contribution < 1.29 is 4.79 Å². The Kier molecular flexibility index (Phi) is 4.08. The molecule has 4 heteroatoms. The van der Waals surface area contributed by atoms with E-state index < -0.39 is 0 Å². The zero-order valence-electron chi connectivity index (χ0n) is 10.4. The molecule has 1 fully saturated rings. The molecule has 0 radical (unpaired) electrons. The highest BCUT2D eigenvalue weighted by Gasteiger charge is 2.32. The van der Waals surface area contributed by atoms with E-state index in [1.54, 1.807) is 17.9 Å². The number of hydrogen-bond acceptors (Lipinski definition) is 3. The Bertz CT molecular complexity index is 343. The molecule has 2 atom stereocenters. The number of allylic oxidation sites excluding steroid dienone is 1. The summed E-state index contributed by atoms with van der Waals surface area (Å²) in [6, 6.07) is 2.43. The van der Waals surface area contributed by atoms with Gasteiger partial charge in [0.1, 0.15) is 11.6 Å². The fraction of sp³-hybridized carbons (Fsp3) is 0.667. The molecule has 0 saturated carbocycles. The van der Waals surface area contributed by atoms with Crippen LogP contribution in [-0.4, -0.2) is 47.9 Å². The average molecular weight is 221 g/mol. The summed E-state index contributed by atoms with van der Waals surface area (Å²) in [5.41, 5.74) is 0.239. The molecular formula is C12H19N3O. The lowest BCUT2D eigenvalue weighted by molar-refractivity contribution is -0.132. The number of hydrogen-bond donors (Lipinski definition) is 0. The van der Waals surface area contributed by atoms with E-state index >= 15 is 0 Å². The van der Waals surface area contributed by atoms with Gasteiger partial charge in [0, 0.05) is 25.2 Å². The Balaban J connectivity index is 2.83. The van der Waals surface area contributed by atoms with Crippen molar-refractivity contribution in [2.24, 2.45) is 0 Å². The van der Waals surface area contributed by atoms with Crippen molar-refractivity contribution in [3.63, 3.8) is 0 Å². The maximum Gasteiger partial charge on any atom is 0.264 e. The van der Waals surface area contributed by atoms with E-state index in [4.69, 9.17) is 5.26 Å². The first-order valence-electron chi connectivity index (χ1n) is 5.60. The van der Waals surface area contributed by atoms with Gasteiger partial charge in [0.15, 0.2) is 0 Å². The maximum atomic E-state index is 12.0. The monoisotopic (exact) mass is 221 g/mol. The molecule has 0 N–H and O–H groups in total. The van der Waals surface area contributed by atoms with E-state index in [9.17, 15) is 4.79 Å². The molecule has 1 heterocycles. The van der Waals surface area contributed by atoms with E-state index in [1.807, 2.05) is 13.0 Å². The quantitative estimate of drug-likeness (QED) is 0.490. The minimum atomic E-state index is -0.141. The summed E-state index contributed by atoms with van der Waals surface area (Å²) in [4.78, 5) is 16.1. The first-order chi connectivity index (χ1) is 7.52. The number of nitrogens with zero attached hydrogens (tertiary/aromatic N) is 3. The lowest BCUT2D eigenvalue weighted by atomic mass is 10.0. The first kappa shape index (κ1) is 12.7. The molecule has 1 amide bonds. The molecule has 4 nitrogen and oxygen atoms in total. The smallest absolute Gasteiger partial charge is 0.264 e. The number of carbonyl (C=O) groups excluding carboxylic acids is 1. The number of likely N-dealkylation sites (N-methyl/N-ethyl adjacent to an activating group) is 1. The molecule has 2 unspecified atom stereocenters. The lowest BCUT2D eigenvalue weighted by Crippen LogP contribution is -2.57. The number of amides is 1. The Hall–Kier alpha value is -1.34. The van der Waals surface area contributed by atoms with Gasteiger partial charge in [0.25, 0.3) is 5.91 Å². The van der Waals surface area contributed by atoms with Gasteiger partial charge in [-0.3, -0.25) is 9.69 Å². The molecule has 0 spiro atoms. The van der Waals surface area contributed by atoms with Crippen LogP contribution < -0.4 is 0 Å². The SMILES string of the molecule is C/C=C(\C#N)C(=O)N1CCN(C)C(C)C1C. The van der Waals surface area contributed by atoms with Crippen LogP contribution in [0.3, 0.4) is 0 Å². The van der Waals surface area contributed by atoms with Crippen LogP contribution in [0.15, 0.2) is 11.6 Å². The van der Waals surface area contributed by atoms with E-state index in [-0.39, 0.29) is 17.5 Å². The molecule has 0 aromatic carbocycles. The first-order valence-corrected chi connectivity index (χ1v) is 5.60. The molecule has 88 valence electrons. The Morgan fingerprint density at radius 3 is 2.50 bits per heavy atom. The molecule has 0 aromatic rings. The maximum absolute atomic E-state index is 12.0. The largest absolute Gasteiger partial charge is 0.332 e. The van der Waals surface area contributed by atoms with Crippen LogP contribution in [0.5, 0.6) is 0 Å². The molecule has 0 bridgehead atoms. The van der Waals surface area contributed by atoms with Crippen molar-refractivity contribution in [3.8, 4) is 6.07 Å². The lowest BCUT2D eigenvalue weighted by Gasteiger charge is -2.43. The van der Waals surface area contributed by atoms with Crippen LogP contribution in [0, 0.1) is 11.3 Å². The van der Waals surface area contributed by atoms with Crippen molar-refractivity contribution in [1.82, 2.24) is 9.80 Å². The van der Waals surface area contributed by atoms with Gasteiger partial charge in [-0.15, -0.1) is 0 Å². The van der Waals surface area contributed by atoms with E-state index in [0.29, 0.717) is 12.6 Å². The molecule has 1 saturated heterocycles. The number of piperazine rings is 1. The third kappa shape index (κ3) is 2.25. The molecule has 0 aliphatic carbocycles. The second-order valence-corrected chi connectivity index (χ2v) is 4.27. The minimum absolute atomic E-state index is 0.141. The number of carbonyl (C=O) groups is 1. The Morgan fingerprint density at radius 1 is 1.38 bits per heavy atom. The summed E-state index contributed by atoms with van der Waals surface area (Å²) < 4.78 is 0.